The summed E-state index contributed by atoms with van der Waals surface area (Å²) in [6.45, 7) is 4.42. The van der Waals surface area contributed by atoms with Gasteiger partial charge in [-0.1, -0.05) is 11.6 Å². The Morgan fingerprint density at radius 3 is 3.00 bits per heavy atom. The molecule has 0 amide bonds. The fourth-order valence-corrected chi connectivity index (χ4v) is 1.85. The predicted octanol–water partition coefficient (Wildman–Crippen LogP) is 3.33. The second-order valence-electron chi connectivity index (χ2n) is 3.41. The molecule has 0 saturated carbocycles. The summed E-state index contributed by atoms with van der Waals surface area (Å²) in [5, 5.41) is 1.96. The van der Waals surface area contributed by atoms with Crippen LogP contribution in [0.3, 0.4) is 0 Å². The van der Waals surface area contributed by atoms with E-state index in [4.69, 9.17) is 16.3 Å². The number of ether oxygens (including phenoxy) is 1. The predicted molar refractivity (Wildman–Crippen MR) is 63.4 cm³/mol. The standard InChI is InChI=1S/C12H14ClNO/c1-2-15-8-7-14-6-5-10-9-11(13)3-4-12(10)14/h3-6,9H,2,7-8H2,1H3. The molecule has 1 heterocycles. The molecule has 3 heteroatoms. The maximum atomic E-state index is 5.92. The van der Waals surface area contributed by atoms with Crippen molar-refractivity contribution in [3.63, 3.8) is 0 Å². The summed E-state index contributed by atoms with van der Waals surface area (Å²) in [6, 6.07) is 8.02. The SMILES string of the molecule is CCOCCn1ccc2cc(Cl)ccc21. The van der Waals surface area contributed by atoms with Gasteiger partial charge in [0, 0.05) is 35.3 Å². The van der Waals surface area contributed by atoms with E-state index in [0.29, 0.717) is 0 Å². The molecule has 0 aliphatic rings. The first-order chi connectivity index (χ1) is 7.31. The quantitative estimate of drug-likeness (QED) is 0.726. The molecule has 2 nitrogen and oxygen atoms in total. The van der Waals surface area contributed by atoms with Crippen molar-refractivity contribution in [3.05, 3.63) is 35.5 Å². The lowest BCUT2D eigenvalue weighted by Gasteiger charge is -2.05. The summed E-state index contributed by atoms with van der Waals surface area (Å²) in [4.78, 5) is 0. The van der Waals surface area contributed by atoms with E-state index in [1.54, 1.807) is 0 Å². The zero-order valence-corrected chi connectivity index (χ0v) is 9.50. The monoisotopic (exact) mass is 223 g/mol. The van der Waals surface area contributed by atoms with Crippen molar-refractivity contribution in [2.45, 2.75) is 13.5 Å². The molecule has 0 saturated heterocycles. The van der Waals surface area contributed by atoms with Crippen molar-refractivity contribution >= 4 is 22.5 Å². The lowest BCUT2D eigenvalue weighted by atomic mass is 10.2. The molecular formula is C12H14ClNO. The number of hydrogen-bond acceptors (Lipinski definition) is 1. The first kappa shape index (κ1) is 10.5. The number of rotatable bonds is 4. The van der Waals surface area contributed by atoms with Crippen molar-refractivity contribution in [1.29, 1.82) is 0 Å². The van der Waals surface area contributed by atoms with E-state index < -0.39 is 0 Å². The minimum Gasteiger partial charge on any atom is -0.380 e. The number of nitrogens with zero attached hydrogens (tertiary/aromatic N) is 1. The van der Waals surface area contributed by atoms with E-state index >= 15 is 0 Å². The molecule has 1 aromatic heterocycles. The van der Waals surface area contributed by atoms with Crippen LogP contribution < -0.4 is 0 Å². The Bertz CT molecular complexity index is 450. The van der Waals surface area contributed by atoms with Crippen LogP contribution in [0.15, 0.2) is 30.5 Å². The van der Waals surface area contributed by atoms with Gasteiger partial charge in [-0.25, -0.2) is 0 Å². The summed E-state index contributed by atoms with van der Waals surface area (Å²) in [6.07, 6.45) is 2.07. The van der Waals surface area contributed by atoms with E-state index in [1.807, 2.05) is 25.1 Å². The molecule has 0 fully saturated rings. The fraction of sp³-hybridized carbons (Fsp3) is 0.333. The van der Waals surface area contributed by atoms with Gasteiger partial charge in [0.15, 0.2) is 0 Å². The molecule has 0 unspecified atom stereocenters. The van der Waals surface area contributed by atoms with E-state index in [0.717, 1.165) is 24.8 Å². The third kappa shape index (κ3) is 2.33. The van der Waals surface area contributed by atoms with Crippen LogP contribution in [0.5, 0.6) is 0 Å². The first-order valence-electron chi connectivity index (χ1n) is 5.13. The number of benzene rings is 1. The van der Waals surface area contributed by atoms with Crippen molar-refractivity contribution < 1.29 is 4.74 Å². The van der Waals surface area contributed by atoms with Crippen LogP contribution >= 0.6 is 11.6 Å². The zero-order chi connectivity index (χ0) is 10.7. The Morgan fingerprint density at radius 2 is 2.20 bits per heavy atom. The Kier molecular flexibility index (Phi) is 3.29. The van der Waals surface area contributed by atoms with Gasteiger partial charge < -0.3 is 9.30 Å². The third-order valence-electron chi connectivity index (χ3n) is 2.41. The molecule has 0 atom stereocenters. The minimum absolute atomic E-state index is 0.753. The zero-order valence-electron chi connectivity index (χ0n) is 8.74. The van der Waals surface area contributed by atoms with Gasteiger partial charge in [0.05, 0.1) is 6.61 Å². The van der Waals surface area contributed by atoms with Crippen LogP contribution in [0.4, 0.5) is 0 Å². The molecule has 0 aliphatic heterocycles. The Hall–Kier alpha value is -0.990. The molecule has 2 aromatic rings. The summed E-state index contributed by atoms with van der Waals surface area (Å²) >= 11 is 5.92. The van der Waals surface area contributed by atoms with E-state index in [9.17, 15) is 0 Å². The van der Waals surface area contributed by atoms with Crippen LogP contribution in [0.25, 0.3) is 10.9 Å². The molecule has 0 aliphatic carbocycles. The topological polar surface area (TPSA) is 14.2 Å². The number of fused-ring (bicyclic) bond motifs is 1. The van der Waals surface area contributed by atoms with Crippen LogP contribution in [0, 0.1) is 0 Å². The lowest BCUT2D eigenvalue weighted by Crippen LogP contribution is -2.04. The highest BCUT2D eigenvalue weighted by molar-refractivity contribution is 6.31. The van der Waals surface area contributed by atoms with Gasteiger partial charge in [-0.15, -0.1) is 0 Å². The molecule has 0 spiro atoms. The van der Waals surface area contributed by atoms with E-state index in [2.05, 4.69) is 16.8 Å². The first-order valence-corrected chi connectivity index (χ1v) is 5.51. The Balaban J connectivity index is 2.21. The van der Waals surface area contributed by atoms with Crippen molar-refractivity contribution in [3.8, 4) is 0 Å². The van der Waals surface area contributed by atoms with Crippen LogP contribution in [-0.4, -0.2) is 17.8 Å². The van der Waals surface area contributed by atoms with Gasteiger partial charge in [0.1, 0.15) is 0 Å². The molecule has 0 bridgehead atoms. The number of aromatic nitrogens is 1. The smallest absolute Gasteiger partial charge is 0.0645 e. The number of hydrogen-bond donors (Lipinski definition) is 0. The van der Waals surface area contributed by atoms with Crippen LogP contribution in [0.1, 0.15) is 6.92 Å². The molecule has 80 valence electrons. The highest BCUT2D eigenvalue weighted by Crippen LogP contribution is 2.20. The minimum atomic E-state index is 0.753. The van der Waals surface area contributed by atoms with Crippen molar-refractivity contribution in [2.75, 3.05) is 13.2 Å². The summed E-state index contributed by atoms with van der Waals surface area (Å²) < 4.78 is 7.51. The van der Waals surface area contributed by atoms with E-state index in [-0.39, 0.29) is 0 Å². The summed E-state index contributed by atoms with van der Waals surface area (Å²) in [5.41, 5.74) is 1.21. The largest absolute Gasteiger partial charge is 0.380 e. The molecule has 1 aromatic carbocycles. The van der Waals surface area contributed by atoms with Gasteiger partial charge in [-0.2, -0.15) is 0 Å². The average Bonchev–Trinajstić information content (AvgIpc) is 2.61. The summed E-state index contributed by atoms with van der Waals surface area (Å²) in [7, 11) is 0. The maximum absolute atomic E-state index is 5.92. The van der Waals surface area contributed by atoms with Crippen molar-refractivity contribution in [2.24, 2.45) is 0 Å². The van der Waals surface area contributed by atoms with Gasteiger partial charge in [0.2, 0.25) is 0 Å². The van der Waals surface area contributed by atoms with Crippen molar-refractivity contribution in [1.82, 2.24) is 4.57 Å². The third-order valence-corrected chi connectivity index (χ3v) is 2.65. The molecule has 0 radical (unpaired) electrons. The summed E-state index contributed by atoms with van der Waals surface area (Å²) in [5.74, 6) is 0. The fourth-order valence-electron chi connectivity index (χ4n) is 1.67. The highest BCUT2D eigenvalue weighted by atomic mass is 35.5. The lowest BCUT2D eigenvalue weighted by molar-refractivity contribution is 0.140. The van der Waals surface area contributed by atoms with Gasteiger partial charge >= 0.3 is 0 Å². The Labute approximate surface area is 94.4 Å². The second kappa shape index (κ2) is 4.69. The molecule has 2 rings (SSSR count). The maximum Gasteiger partial charge on any atom is 0.0645 e. The van der Waals surface area contributed by atoms with E-state index in [1.165, 1.54) is 10.9 Å². The Morgan fingerprint density at radius 1 is 1.33 bits per heavy atom. The molecular weight excluding hydrogens is 210 g/mol. The van der Waals surface area contributed by atoms with Gasteiger partial charge in [0.25, 0.3) is 0 Å². The normalized spacial score (nSPS) is 11.1. The van der Waals surface area contributed by atoms with Gasteiger partial charge in [-0.3, -0.25) is 0 Å². The van der Waals surface area contributed by atoms with Crippen LogP contribution in [0.2, 0.25) is 5.02 Å². The highest BCUT2D eigenvalue weighted by Gasteiger charge is 2.00. The second-order valence-corrected chi connectivity index (χ2v) is 3.85. The average molecular weight is 224 g/mol. The molecule has 0 N–H and O–H groups in total. The molecule has 15 heavy (non-hydrogen) atoms. The van der Waals surface area contributed by atoms with Crippen LogP contribution in [-0.2, 0) is 11.3 Å². The number of halogens is 1. The van der Waals surface area contributed by atoms with Gasteiger partial charge in [-0.05, 0) is 31.2 Å².